The third-order valence-electron chi connectivity index (χ3n) is 3.22. The van der Waals surface area contributed by atoms with Crippen molar-refractivity contribution in [3.05, 3.63) is 40.2 Å². The van der Waals surface area contributed by atoms with E-state index in [1.807, 2.05) is 41.9 Å². The van der Waals surface area contributed by atoms with E-state index in [-0.39, 0.29) is 0 Å². The van der Waals surface area contributed by atoms with Crippen molar-refractivity contribution in [3.63, 3.8) is 0 Å². The highest BCUT2D eigenvalue weighted by atomic mass is 32.1. The number of carbonyl (C=O) groups excluding carboxylic acids is 1. The van der Waals surface area contributed by atoms with Crippen LogP contribution in [0.2, 0.25) is 0 Å². The van der Waals surface area contributed by atoms with Gasteiger partial charge in [0.1, 0.15) is 0 Å². The van der Waals surface area contributed by atoms with Gasteiger partial charge in [-0.3, -0.25) is 4.79 Å². The van der Waals surface area contributed by atoms with Gasteiger partial charge in [0.25, 0.3) is 0 Å². The fourth-order valence-electron chi connectivity index (χ4n) is 2.22. The fourth-order valence-corrected chi connectivity index (χ4v) is 2.84. The number of hydrogen-bond acceptors (Lipinski definition) is 3. The molecular formula is C16H17F3N2OS. The maximum atomic E-state index is 12.3. The molecule has 3 nitrogen and oxygen atoms in total. The first-order valence-electron chi connectivity index (χ1n) is 6.98. The molecule has 124 valence electrons. The van der Waals surface area contributed by atoms with E-state index in [0.29, 0.717) is 6.42 Å². The molecule has 0 saturated carbocycles. The first-order valence-corrected chi connectivity index (χ1v) is 7.85. The number of halogens is 3. The predicted octanol–water partition coefficient (Wildman–Crippen LogP) is 4.12. The molecule has 1 amide bonds. The smallest absolute Gasteiger partial charge is 0.343 e. The number of nitrogens with zero attached hydrogens (tertiary/aromatic N) is 1. The number of alkyl halides is 3. The van der Waals surface area contributed by atoms with Crippen LogP contribution in [-0.2, 0) is 11.2 Å². The van der Waals surface area contributed by atoms with Crippen molar-refractivity contribution in [1.29, 1.82) is 0 Å². The maximum absolute atomic E-state index is 12.3. The highest BCUT2D eigenvalue weighted by molar-refractivity contribution is 7.09. The van der Waals surface area contributed by atoms with Gasteiger partial charge < -0.3 is 5.32 Å². The van der Waals surface area contributed by atoms with Crippen molar-refractivity contribution in [1.82, 2.24) is 10.3 Å². The van der Waals surface area contributed by atoms with Gasteiger partial charge >= 0.3 is 12.1 Å². The summed E-state index contributed by atoms with van der Waals surface area (Å²) in [6.45, 7) is 5.05. The summed E-state index contributed by atoms with van der Waals surface area (Å²) in [5.74, 6) is -1.92. The number of hydrogen-bond donors (Lipinski definition) is 1. The van der Waals surface area contributed by atoms with E-state index in [1.54, 1.807) is 25.2 Å². The number of aryl methyl sites for hydroxylation is 1. The predicted molar refractivity (Wildman–Crippen MR) is 84.3 cm³/mol. The van der Waals surface area contributed by atoms with Crippen molar-refractivity contribution >= 4 is 17.2 Å². The first kappa shape index (κ1) is 17.5. The van der Waals surface area contributed by atoms with Gasteiger partial charge in [0.05, 0.1) is 10.7 Å². The number of aromatic nitrogens is 1. The van der Waals surface area contributed by atoms with Gasteiger partial charge in [-0.1, -0.05) is 24.3 Å². The van der Waals surface area contributed by atoms with Gasteiger partial charge in [-0.2, -0.15) is 13.2 Å². The summed E-state index contributed by atoms with van der Waals surface area (Å²) in [4.78, 5) is 15.5. The summed E-state index contributed by atoms with van der Waals surface area (Å²) < 4.78 is 37.0. The van der Waals surface area contributed by atoms with E-state index in [2.05, 4.69) is 4.98 Å². The second kappa shape index (κ2) is 6.31. The Bertz CT molecular complexity index is 690. The Balaban J connectivity index is 2.06. The van der Waals surface area contributed by atoms with Crippen LogP contribution in [0.5, 0.6) is 0 Å². The number of thiazole rings is 1. The van der Waals surface area contributed by atoms with Gasteiger partial charge in [-0.25, -0.2) is 4.98 Å². The molecule has 23 heavy (non-hydrogen) atoms. The minimum atomic E-state index is -4.87. The third kappa shape index (κ3) is 4.79. The van der Waals surface area contributed by atoms with Crippen molar-refractivity contribution < 1.29 is 18.0 Å². The molecule has 0 spiro atoms. The monoisotopic (exact) mass is 342 g/mol. The Morgan fingerprint density at radius 2 is 1.83 bits per heavy atom. The molecule has 1 N–H and O–H groups in total. The lowest BCUT2D eigenvalue weighted by Gasteiger charge is -2.27. The topological polar surface area (TPSA) is 42.0 Å². The standard InChI is InChI=1S/C16H17F3N2OS/c1-10-20-13(9-23-10)12-6-4-11(5-7-12)8-15(2,3)21-14(22)16(17,18)19/h4-7,9H,8H2,1-3H3,(H,21,22). The van der Waals surface area contributed by atoms with Gasteiger partial charge in [0, 0.05) is 16.5 Å². The molecule has 0 aliphatic carbocycles. The van der Waals surface area contributed by atoms with Crippen LogP contribution in [0.1, 0.15) is 24.4 Å². The van der Waals surface area contributed by atoms with E-state index in [1.165, 1.54) is 0 Å². The summed E-state index contributed by atoms with van der Waals surface area (Å²) >= 11 is 1.56. The number of nitrogens with one attached hydrogen (secondary N) is 1. The van der Waals surface area contributed by atoms with Crippen LogP contribution in [-0.4, -0.2) is 22.6 Å². The molecule has 7 heteroatoms. The number of benzene rings is 1. The van der Waals surface area contributed by atoms with Crippen LogP contribution >= 0.6 is 11.3 Å². The minimum absolute atomic E-state index is 0.297. The fraction of sp³-hybridized carbons (Fsp3) is 0.375. The second-order valence-corrected chi connectivity index (χ2v) is 7.02. The molecule has 0 saturated heterocycles. The zero-order chi connectivity index (χ0) is 17.3. The van der Waals surface area contributed by atoms with Crippen LogP contribution in [0.3, 0.4) is 0 Å². The Labute approximate surface area is 136 Å². The van der Waals surface area contributed by atoms with E-state index in [4.69, 9.17) is 0 Å². The lowest BCUT2D eigenvalue weighted by Crippen LogP contribution is -2.50. The number of amides is 1. The van der Waals surface area contributed by atoms with Crippen molar-refractivity contribution in [2.24, 2.45) is 0 Å². The summed E-state index contributed by atoms with van der Waals surface area (Å²) in [5.41, 5.74) is 1.68. The van der Waals surface area contributed by atoms with E-state index < -0.39 is 17.6 Å². The van der Waals surface area contributed by atoms with E-state index in [0.717, 1.165) is 21.8 Å². The molecule has 0 radical (unpaired) electrons. The molecular weight excluding hydrogens is 325 g/mol. The molecule has 0 bridgehead atoms. The third-order valence-corrected chi connectivity index (χ3v) is 4.00. The minimum Gasteiger partial charge on any atom is -0.343 e. The zero-order valence-corrected chi connectivity index (χ0v) is 13.8. The van der Waals surface area contributed by atoms with Crippen molar-refractivity contribution in [2.75, 3.05) is 0 Å². The summed E-state index contributed by atoms with van der Waals surface area (Å²) in [6.07, 6.45) is -4.57. The largest absolute Gasteiger partial charge is 0.471 e. The molecule has 2 rings (SSSR count). The Kier molecular flexibility index (Phi) is 4.79. The molecule has 0 atom stereocenters. The lowest BCUT2D eigenvalue weighted by atomic mass is 9.94. The molecule has 1 aromatic heterocycles. The highest BCUT2D eigenvalue weighted by Gasteiger charge is 2.41. The highest BCUT2D eigenvalue weighted by Crippen LogP contribution is 2.23. The van der Waals surface area contributed by atoms with Crippen LogP contribution in [0.15, 0.2) is 29.6 Å². The summed E-state index contributed by atoms with van der Waals surface area (Å²) in [7, 11) is 0. The average molecular weight is 342 g/mol. The Morgan fingerprint density at radius 1 is 1.22 bits per heavy atom. The van der Waals surface area contributed by atoms with Gasteiger partial charge in [-0.05, 0) is 32.8 Å². The van der Waals surface area contributed by atoms with Crippen LogP contribution in [0, 0.1) is 6.92 Å². The summed E-state index contributed by atoms with van der Waals surface area (Å²) in [5, 5.41) is 4.95. The quantitative estimate of drug-likeness (QED) is 0.908. The first-order chi connectivity index (χ1) is 10.6. The van der Waals surface area contributed by atoms with Crippen LogP contribution in [0.4, 0.5) is 13.2 Å². The molecule has 0 unspecified atom stereocenters. The lowest BCUT2D eigenvalue weighted by molar-refractivity contribution is -0.175. The van der Waals surface area contributed by atoms with Gasteiger partial charge in [0.2, 0.25) is 0 Å². The normalized spacial score (nSPS) is 12.3. The summed E-state index contributed by atoms with van der Waals surface area (Å²) in [6, 6.07) is 7.44. The molecule has 0 aliphatic rings. The van der Waals surface area contributed by atoms with Crippen molar-refractivity contribution in [3.8, 4) is 11.3 Å². The zero-order valence-electron chi connectivity index (χ0n) is 13.0. The van der Waals surface area contributed by atoms with E-state index in [9.17, 15) is 18.0 Å². The molecule has 2 aromatic rings. The Hall–Kier alpha value is -1.89. The second-order valence-electron chi connectivity index (χ2n) is 5.96. The average Bonchev–Trinajstić information content (AvgIpc) is 2.84. The van der Waals surface area contributed by atoms with Gasteiger partial charge in [-0.15, -0.1) is 11.3 Å². The molecule has 0 aliphatic heterocycles. The molecule has 1 heterocycles. The maximum Gasteiger partial charge on any atom is 0.471 e. The van der Waals surface area contributed by atoms with E-state index >= 15 is 0 Å². The number of carbonyl (C=O) groups is 1. The van der Waals surface area contributed by atoms with Gasteiger partial charge in [0.15, 0.2) is 0 Å². The van der Waals surface area contributed by atoms with Crippen LogP contribution in [0.25, 0.3) is 11.3 Å². The molecule has 1 aromatic carbocycles. The molecule has 0 fully saturated rings. The SMILES string of the molecule is Cc1nc(-c2ccc(CC(C)(C)NC(=O)C(F)(F)F)cc2)cs1. The van der Waals surface area contributed by atoms with Crippen LogP contribution < -0.4 is 5.32 Å². The Morgan fingerprint density at radius 3 is 2.30 bits per heavy atom. The van der Waals surface area contributed by atoms with Crippen molar-refractivity contribution in [2.45, 2.75) is 38.9 Å². The number of rotatable bonds is 4.